The fourth-order valence-electron chi connectivity index (χ4n) is 2.43. The van der Waals surface area contributed by atoms with Gasteiger partial charge in [0.15, 0.2) is 5.79 Å². The van der Waals surface area contributed by atoms with Gasteiger partial charge in [0.25, 0.3) is 0 Å². The third-order valence-electron chi connectivity index (χ3n) is 3.37. The predicted octanol–water partition coefficient (Wildman–Crippen LogP) is -1.10. The lowest BCUT2D eigenvalue weighted by Gasteiger charge is -2.21. The summed E-state index contributed by atoms with van der Waals surface area (Å²) in [4.78, 5) is 22.7. The molecule has 19 heavy (non-hydrogen) atoms. The molecule has 1 atom stereocenters. The van der Waals surface area contributed by atoms with Crippen molar-refractivity contribution in [2.24, 2.45) is 0 Å². The molecule has 2 amide bonds. The summed E-state index contributed by atoms with van der Waals surface area (Å²) in [7, 11) is 0. The highest BCUT2D eigenvalue weighted by molar-refractivity contribution is 6.35. The number of carbonyl (C=O) groups excluding carboxylic acids is 2. The van der Waals surface area contributed by atoms with Crippen LogP contribution in [0.5, 0.6) is 0 Å². The van der Waals surface area contributed by atoms with E-state index in [0.29, 0.717) is 6.61 Å². The van der Waals surface area contributed by atoms with Gasteiger partial charge in [0.1, 0.15) is 6.10 Å². The van der Waals surface area contributed by atoms with Crippen molar-refractivity contribution in [3.63, 3.8) is 0 Å². The van der Waals surface area contributed by atoms with Crippen molar-refractivity contribution in [1.29, 1.82) is 0 Å². The van der Waals surface area contributed by atoms with E-state index in [1.165, 1.54) is 0 Å². The van der Waals surface area contributed by atoms with Gasteiger partial charge in [-0.25, -0.2) is 0 Å². The summed E-state index contributed by atoms with van der Waals surface area (Å²) in [6.07, 6.45) is 3.79. The van der Waals surface area contributed by atoms with Crippen molar-refractivity contribution < 1.29 is 24.2 Å². The van der Waals surface area contributed by atoms with Gasteiger partial charge in [-0.15, -0.1) is 0 Å². The molecule has 1 spiro atoms. The first-order valence-corrected chi connectivity index (χ1v) is 6.64. The zero-order valence-electron chi connectivity index (χ0n) is 10.8. The highest BCUT2D eigenvalue weighted by Crippen LogP contribution is 2.38. The number of nitrogens with one attached hydrogen (secondary N) is 2. The third kappa shape index (κ3) is 3.65. The topological polar surface area (TPSA) is 96.9 Å². The van der Waals surface area contributed by atoms with Crippen molar-refractivity contribution in [2.75, 3.05) is 26.3 Å². The van der Waals surface area contributed by atoms with Gasteiger partial charge in [-0.3, -0.25) is 9.59 Å². The number of amides is 2. The Balaban J connectivity index is 1.68. The maximum Gasteiger partial charge on any atom is 0.309 e. The Kier molecular flexibility index (Phi) is 4.73. The lowest BCUT2D eigenvalue weighted by molar-refractivity contribution is -0.161. The number of aliphatic hydroxyl groups excluding tert-OH is 1. The van der Waals surface area contributed by atoms with Crippen LogP contribution in [0.15, 0.2) is 0 Å². The summed E-state index contributed by atoms with van der Waals surface area (Å²) < 4.78 is 11.5. The van der Waals surface area contributed by atoms with Crippen LogP contribution in [0.2, 0.25) is 0 Å². The summed E-state index contributed by atoms with van der Waals surface area (Å²) in [5.74, 6) is -1.91. The first-order chi connectivity index (χ1) is 9.15. The molecule has 0 aromatic rings. The summed E-state index contributed by atoms with van der Waals surface area (Å²) in [5.41, 5.74) is 0. The highest BCUT2D eigenvalue weighted by Gasteiger charge is 2.43. The number of hydrogen-bond acceptors (Lipinski definition) is 5. The van der Waals surface area contributed by atoms with Gasteiger partial charge < -0.3 is 25.2 Å². The highest BCUT2D eigenvalue weighted by atomic mass is 16.7. The molecule has 1 saturated carbocycles. The summed E-state index contributed by atoms with van der Waals surface area (Å²) in [6.45, 7) is 0.575. The number of hydrogen-bond donors (Lipinski definition) is 3. The van der Waals surface area contributed by atoms with Crippen LogP contribution in [-0.2, 0) is 19.1 Å². The minimum atomic E-state index is -0.747. The van der Waals surface area contributed by atoms with Crippen molar-refractivity contribution in [2.45, 2.75) is 37.6 Å². The van der Waals surface area contributed by atoms with E-state index in [1.54, 1.807) is 0 Å². The Bertz CT molecular complexity index is 341. The van der Waals surface area contributed by atoms with Crippen LogP contribution in [0.1, 0.15) is 25.7 Å². The van der Waals surface area contributed by atoms with Crippen LogP contribution in [0, 0.1) is 0 Å². The van der Waals surface area contributed by atoms with Crippen molar-refractivity contribution in [3.05, 3.63) is 0 Å². The molecule has 2 fully saturated rings. The molecule has 7 heteroatoms. The average Bonchev–Trinajstić information content (AvgIpc) is 3.04. The first-order valence-electron chi connectivity index (χ1n) is 6.64. The number of ether oxygens (including phenoxy) is 2. The standard InChI is InChI=1S/C12H20N2O5/c15-6-5-13-10(16)11(17)14-7-9-8-18-12(19-9)3-1-2-4-12/h9,15H,1-8H2,(H,13,16)(H,14,17)/t9-/m0/s1. The van der Waals surface area contributed by atoms with Gasteiger partial charge in [-0.05, 0) is 12.8 Å². The summed E-state index contributed by atoms with van der Waals surface area (Å²) >= 11 is 0. The minimum Gasteiger partial charge on any atom is -0.395 e. The molecule has 2 aliphatic rings. The second-order valence-corrected chi connectivity index (χ2v) is 4.86. The van der Waals surface area contributed by atoms with Gasteiger partial charge in [-0.2, -0.15) is 0 Å². The van der Waals surface area contributed by atoms with Crippen LogP contribution in [0.4, 0.5) is 0 Å². The minimum absolute atomic E-state index is 0.0679. The van der Waals surface area contributed by atoms with Crippen LogP contribution in [-0.4, -0.2) is 55.1 Å². The van der Waals surface area contributed by atoms with Crippen LogP contribution >= 0.6 is 0 Å². The van der Waals surface area contributed by atoms with Gasteiger partial charge in [0, 0.05) is 25.9 Å². The van der Waals surface area contributed by atoms with Gasteiger partial charge >= 0.3 is 11.8 Å². The van der Waals surface area contributed by atoms with E-state index in [-0.39, 0.29) is 25.8 Å². The number of carbonyl (C=O) groups is 2. The quantitative estimate of drug-likeness (QED) is 0.564. The zero-order valence-corrected chi connectivity index (χ0v) is 10.8. The Morgan fingerprint density at radius 2 is 1.89 bits per heavy atom. The second kappa shape index (κ2) is 6.31. The largest absolute Gasteiger partial charge is 0.395 e. The number of rotatable bonds is 4. The molecule has 2 rings (SSSR count). The molecular formula is C12H20N2O5. The van der Waals surface area contributed by atoms with Gasteiger partial charge in [-0.1, -0.05) is 0 Å². The number of aliphatic hydroxyl groups is 1. The fraction of sp³-hybridized carbons (Fsp3) is 0.833. The fourth-order valence-corrected chi connectivity index (χ4v) is 2.43. The Morgan fingerprint density at radius 1 is 1.21 bits per heavy atom. The SMILES string of the molecule is O=C(NCCO)C(=O)NC[C@H]1COC2(CCCC2)O1. The molecule has 7 nitrogen and oxygen atoms in total. The van der Waals surface area contributed by atoms with E-state index in [4.69, 9.17) is 14.6 Å². The molecule has 1 aliphatic heterocycles. The van der Waals surface area contributed by atoms with E-state index in [9.17, 15) is 9.59 Å². The third-order valence-corrected chi connectivity index (χ3v) is 3.37. The monoisotopic (exact) mass is 272 g/mol. The second-order valence-electron chi connectivity index (χ2n) is 4.86. The molecule has 1 aliphatic carbocycles. The zero-order chi connectivity index (χ0) is 13.7. The smallest absolute Gasteiger partial charge is 0.309 e. The lowest BCUT2D eigenvalue weighted by atomic mass is 10.2. The summed E-state index contributed by atoms with van der Waals surface area (Å²) in [6, 6.07) is 0. The van der Waals surface area contributed by atoms with E-state index >= 15 is 0 Å². The lowest BCUT2D eigenvalue weighted by Crippen LogP contribution is -2.44. The van der Waals surface area contributed by atoms with Crippen molar-refractivity contribution >= 4 is 11.8 Å². The molecule has 0 aromatic carbocycles. The van der Waals surface area contributed by atoms with Crippen LogP contribution in [0.25, 0.3) is 0 Å². The average molecular weight is 272 g/mol. The van der Waals surface area contributed by atoms with Gasteiger partial charge in [0.05, 0.1) is 13.2 Å². The van der Waals surface area contributed by atoms with E-state index in [2.05, 4.69) is 10.6 Å². The van der Waals surface area contributed by atoms with Crippen LogP contribution < -0.4 is 10.6 Å². The molecular weight excluding hydrogens is 252 g/mol. The Labute approximate surface area is 111 Å². The molecule has 0 bridgehead atoms. The van der Waals surface area contributed by atoms with E-state index in [0.717, 1.165) is 25.7 Å². The molecule has 0 unspecified atom stereocenters. The van der Waals surface area contributed by atoms with E-state index in [1.807, 2.05) is 0 Å². The molecule has 0 radical (unpaired) electrons. The first kappa shape index (κ1) is 14.2. The molecule has 108 valence electrons. The van der Waals surface area contributed by atoms with Crippen LogP contribution in [0.3, 0.4) is 0 Å². The Morgan fingerprint density at radius 3 is 2.58 bits per heavy atom. The maximum atomic E-state index is 11.4. The maximum absolute atomic E-state index is 11.4. The molecule has 0 aromatic heterocycles. The molecule has 1 heterocycles. The van der Waals surface area contributed by atoms with Crippen molar-refractivity contribution in [1.82, 2.24) is 10.6 Å². The van der Waals surface area contributed by atoms with Gasteiger partial charge in [0.2, 0.25) is 0 Å². The van der Waals surface area contributed by atoms with Crippen molar-refractivity contribution in [3.8, 4) is 0 Å². The summed E-state index contributed by atoms with van der Waals surface area (Å²) in [5, 5.41) is 13.3. The Hall–Kier alpha value is -1.18. The predicted molar refractivity (Wildman–Crippen MR) is 65.1 cm³/mol. The van der Waals surface area contributed by atoms with E-state index < -0.39 is 17.6 Å². The molecule has 1 saturated heterocycles. The molecule has 3 N–H and O–H groups in total. The normalized spacial score (nSPS) is 24.6.